The molecule has 2 heterocycles. The number of rotatable bonds is 7. The summed E-state index contributed by atoms with van der Waals surface area (Å²) in [4.78, 5) is 17.1. The van der Waals surface area contributed by atoms with Crippen molar-refractivity contribution in [3.63, 3.8) is 0 Å². The minimum atomic E-state index is 0.361. The monoisotopic (exact) mass is 356 g/mol. The molecule has 2 saturated heterocycles. The Bertz CT molecular complexity index is 601. The van der Waals surface area contributed by atoms with E-state index in [-0.39, 0.29) is 0 Å². The number of ether oxygens (including phenoxy) is 1. The molecule has 4 rings (SSSR count). The van der Waals surface area contributed by atoms with Gasteiger partial charge in [-0.25, -0.2) is 0 Å². The summed E-state index contributed by atoms with van der Waals surface area (Å²) in [5.74, 6) is 0.407. The van der Waals surface area contributed by atoms with Crippen LogP contribution in [0.3, 0.4) is 0 Å². The van der Waals surface area contributed by atoms with Gasteiger partial charge in [-0.15, -0.1) is 0 Å². The van der Waals surface area contributed by atoms with Crippen LogP contribution in [0.4, 0.5) is 0 Å². The Kier molecular flexibility index (Phi) is 5.60. The fraction of sp³-hybridized carbons (Fsp3) is 0.682. The number of hydrogen-bond acceptors (Lipinski definition) is 3. The summed E-state index contributed by atoms with van der Waals surface area (Å²) >= 11 is 0. The molecule has 1 aromatic carbocycles. The molecule has 0 bridgehead atoms. The number of piperidine rings is 2. The molecule has 2 aliphatic heterocycles. The first kappa shape index (κ1) is 18.0. The number of hydrogen-bond donors (Lipinski definition) is 0. The second-order valence-corrected chi connectivity index (χ2v) is 8.52. The predicted molar refractivity (Wildman–Crippen MR) is 103 cm³/mol. The molecular weight excluding hydrogens is 324 g/mol. The van der Waals surface area contributed by atoms with Gasteiger partial charge in [0.05, 0.1) is 6.61 Å². The van der Waals surface area contributed by atoms with Gasteiger partial charge in [-0.1, -0.05) is 30.3 Å². The van der Waals surface area contributed by atoms with E-state index in [1.165, 1.54) is 44.3 Å². The summed E-state index contributed by atoms with van der Waals surface area (Å²) in [5, 5.41) is 0. The van der Waals surface area contributed by atoms with E-state index < -0.39 is 0 Å². The van der Waals surface area contributed by atoms with Gasteiger partial charge in [0, 0.05) is 44.1 Å². The molecule has 0 unspecified atom stereocenters. The third kappa shape index (κ3) is 4.47. The molecule has 3 aliphatic rings. The average molecular weight is 357 g/mol. The van der Waals surface area contributed by atoms with Crippen molar-refractivity contribution in [2.75, 3.05) is 32.8 Å². The Hall–Kier alpha value is -1.39. The number of nitrogens with zero attached hydrogens (tertiary/aromatic N) is 2. The van der Waals surface area contributed by atoms with Gasteiger partial charge in [-0.2, -0.15) is 0 Å². The van der Waals surface area contributed by atoms with Crippen LogP contribution < -0.4 is 0 Å². The highest BCUT2D eigenvalue weighted by Crippen LogP contribution is 2.42. The Labute approximate surface area is 157 Å². The van der Waals surface area contributed by atoms with Crippen molar-refractivity contribution in [1.29, 1.82) is 0 Å². The minimum Gasteiger partial charge on any atom is -0.377 e. The Morgan fingerprint density at radius 2 is 1.96 bits per heavy atom. The van der Waals surface area contributed by atoms with Gasteiger partial charge in [0.25, 0.3) is 0 Å². The zero-order valence-electron chi connectivity index (χ0n) is 15.9. The summed E-state index contributed by atoms with van der Waals surface area (Å²) in [6.07, 6.45) is 7.98. The maximum absolute atomic E-state index is 12.2. The lowest BCUT2D eigenvalue weighted by Gasteiger charge is -2.48. The Morgan fingerprint density at radius 3 is 2.77 bits per heavy atom. The molecule has 1 spiro atoms. The summed E-state index contributed by atoms with van der Waals surface area (Å²) in [6, 6.07) is 11.0. The number of carbonyl (C=O) groups excluding carboxylic acids is 1. The smallest absolute Gasteiger partial charge is 0.222 e. The average Bonchev–Trinajstić information content (AvgIpc) is 3.50. The third-order valence-corrected chi connectivity index (χ3v) is 6.30. The highest BCUT2D eigenvalue weighted by molar-refractivity contribution is 5.78. The van der Waals surface area contributed by atoms with Crippen LogP contribution in [0, 0.1) is 5.41 Å². The molecule has 142 valence electrons. The molecule has 1 saturated carbocycles. The molecule has 26 heavy (non-hydrogen) atoms. The molecule has 0 N–H and O–H groups in total. The number of benzene rings is 1. The molecule has 4 nitrogen and oxygen atoms in total. The highest BCUT2D eigenvalue weighted by Gasteiger charge is 2.45. The van der Waals surface area contributed by atoms with E-state index in [9.17, 15) is 4.79 Å². The summed E-state index contributed by atoms with van der Waals surface area (Å²) in [5.41, 5.74) is 1.61. The fourth-order valence-electron chi connectivity index (χ4n) is 4.75. The molecule has 3 fully saturated rings. The molecule has 4 heteroatoms. The summed E-state index contributed by atoms with van der Waals surface area (Å²) in [7, 11) is 0. The fourth-order valence-corrected chi connectivity index (χ4v) is 4.75. The lowest BCUT2D eigenvalue weighted by molar-refractivity contribution is -0.140. The number of carbonyl (C=O) groups is 1. The van der Waals surface area contributed by atoms with Gasteiger partial charge < -0.3 is 14.5 Å². The van der Waals surface area contributed by atoms with Gasteiger partial charge in [0.2, 0.25) is 5.91 Å². The van der Waals surface area contributed by atoms with Crippen LogP contribution in [0.2, 0.25) is 0 Å². The molecule has 0 radical (unpaired) electrons. The lowest BCUT2D eigenvalue weighted by atomic mass is 9.73. The molecular formula is C22H32N2O2. The van der Waals surface area contributed by atoms with Crippen LogP contribution >= 0.6 is 0 Å². The zero-order chi connectivity index (χ0) is 17.8. The maximum atomic E-state index is 12.2. The van der Waals surface area contributed by atoms with E-state index in [4.69, 9.17) is 4.74 Å². The van der Waals surface area contributed by atoms with Gasteiger partial charge in [0.1, 0.15) is 0 Å². The van der Waals surface area contributed by atoms with E-state index in [1.807, 2.05) is 6.07 Å². The first-order valence-electron chi connectivity index (χ1n) is 10.4. The third-order valence-electron chi connectivity index (χ3n) is 6.30. The highest BCUT2D eigenvalue weighted by atomic mass is 16.5. The molecule has 1 aliphatic carbocycles. The maximum Gasteiger partial charge on any atom is 0.222 e. The SMILES string of the molecule is O=C1CC[C@@]2(CCCN(CCCOCc3ccccc3)C2)CN1C1CC1. The van der Waals surface area contributed by atoms with Crippen molar-refractivity contribution in [1.82, 2.24) is 9.80 Å². The van der Waals surface area contributed by atoms with E-state index >= 15 is 0 Å². The van der Waals surface area contributed by atoms with Gasteiger partial charge in [0.15, 0.2) is 0 Å². The molecule has 1 atom stereocenters. The summed E-state index contributed by atoms with van der Waals surface area (Å²) < 4.78 is 5.84. The van der Waals surface area contributed by atoms with Crippen LogP contribution in [-0.2, 0) is 16.1 Å². The van der Waals surface area contributed by atoms with Gasteiger partial charge >= 0.3 is 0 Å². The van der Waals surface area contributed by atoms with Crippen LogP contribution in [0.15, 0.2) is 30.3 Å². The number of amides is 1. The second kappa shape index (κ2) is 8.10. The van der Waals surface area contributed by atoms with Crippen molar-refractivity contribution in [2.45, 2.75) is 57.6 Å². The molecule has 1 amide bonds. The second-order valence-electron chi connectivity index (χ2n) is 8.52. The first-order valence-corrected chi connectivity index (χ1v) is 10.4. The van der Waals surface area contributed by atoms with Crippen LogP contribution in [0.1, 0.15) is 50.5 Å². The van der Waals surface area contributed by atoms with Gasteiger partial charge in [-0.3, -0.25) is 4.79 Å². The Morgan fingerprint density at radius 1 is 1.12 bits per heavy atom. The first-order chi connectivity index (χ1) is 12.7. The van der Waals surface area contributed by atoms with Crippen molar-refractivity contribution >= 4 is 5.91 Å². The van der Waals surface area contributed by atoms with Crippen molar-refractivity contribution in [3.05, 3.63) is 35.9 Å². The van der Waals surface area contributed by atoms with E-state index in [1.54, 1.807) is 0 Å². The number of likely N-dealkylation sites (tertiary alicyclic amines) is 2. The van der Waals surface area contributed by atoms with E-state index in [0.717, 1.165) is 39.0 Å². The lowest BCUT2D eigenvalue weighted by Crippen LogP contribution is -2.54. The zero-order valence-corrected chi connectivity index (χ0v) is 15.9. The van der Waals surface area contributed by atoms with Crippen molar-refractivity contribution in [2.24, 2.45) is 5.41 Å². The molecule has 0 aromatic heterocycles. The van der Waals surface area contributed by atoms with Gasteiger partial charge in [-0.05, 0) is 50.6 Å². The van der Waals surface area contributed by atoms with E-state index in [2.05, 4.69) is 34.1 Å². The van der Waals surface area contributed by atoms with E-state index in [0.29, 0.717) is 24.0 Å². The largest absolute Gasteiger partial charge is 0.377 e. The Balaban J connectivity index is 1.20. The predicted octanol–water partition coefficient (Wildman–Crippen LogP) is 3.46. The van der Waals surface area contributed by atoms with Crippen molar-refractivity contribution in [3.8, 4) is 0 Å². The topological polar surface area (TPSA) is 32.8 Å². The van der Waals surface area contributed by atoms with Crippen LogP contribution in [0.5, 0.6) is 0 Å². The van der Waals surface area contributed by atoms with Crippen LogP contribution in [-0.4, -0.2) is 54.5 Å². The molecule has 1 aromatic rings. The van der Waals surface area contributed by atoms with Crippen molar-refractivity contribution < 1.29 is 9.53 Å². The van der Waals surface area contributed by atoms with Crippen LogP contribution in [0.25, 0.3) is 0 Å². The quantitative estimate of drug-likeness (QED) is 0.702. The minimum absolute atomic E-state index is 0.361. The summed E-state index contributed by atoms with van der Waals surface area (Å²) in [6.45, 7) is 6.04. The standard InChI is InChI=1S/C22H32N2O2/c25-21-10-12-22(18-24(21)20-8-9-20)11-4-13-23(17-22)14-5-15-26-16-19-6-2-1-3-7-19/h1-3,6-7,20H,4-5,8-18H2/t22-/m1/s1. The normalized spacial score (nSPS) is 27.2.